The summed E-state index contributed by atoms with van der Waals surface area (Å²) in [6, 6.07) is 8.33. The molecule has 1 aromatic rings. The normalized spacial score (nSPS) is 18.1. The highest BCUT2D eigenvalue weighted by atomic mass is 32.2. The molecule has 0 bridgehead atoms. The van der Waals surface area contributed by atoms with Crippen molar-refractivity contribution in [2.24, 2.45) is 0 Å². The number of hydrogen-bond donors (Lipinski definition) is 3. The summed E-state index contributed by atoms with van der Waals surface area (Å²) in [5.41, 5.74) is 2.58. The van der Waals surface area contributed by atoms with Crippen LogP contribution in [0.15, 0.2) is 24.3 Å². The first-order valence-electron chi connectivity index (χ1n) is 6.55. The molecule has 0 aliphatic carbocycles. The van der Waals surface area contributed by atoms with E-state index >= 15 is 0 Å². The van der Waals surface area contributed by atoms with Crippen LogP contribution in [-0.2, 0) is 10.1 Å². The molecule has 0 saturated carbocycles. The van der Waals surface area contributed by atoms with Crippen molar-refractivity contribution in [1.82, 2.24) is 5.32 Å². The van der Waals surface area contributed by atoms with Crippen molar-refractivity contribution in [1.29, 1.82) is 0 Å². The summed E-state index contributed by atoms with van der Waals surface area (Å²) < 4.78 is 29.7. The fourth-order valence-electron chi connectivity index (χ4n) is 2.40. The summed E-state index contributed by atoms with van der Waals surface area (Å²) in [5, 5.41) is 6.59. The number of para-hydroxylation sites is 1. The largest absolute Gasteiger partial charge is 0.384 e. The maximum absolute atomic E-state index is 10.5. The first kappa shape index (κ1) is 14.3. The monoisotopic (exact) mass is 284 g/mol. The molecule has 1 atom stereocenters. The Morgan fingerprint density at radius 3 is 2.89 bits per heavy atom. The number of hydrogen-bond acceptors (Lipinski definition) is 4. The lowest BCUT2D eigenvalue weighted by Crippen LogP contribution is -2.21. The van der Waals surface area contributed by atoms with Gasteiger partial charge in [0.1, 0.15) is 0 Å². The van der Waals surface area contributed by atoms with Crippen LogP contribution >= 0.6 is 0 Å². The molecule has 1 aromatic carbocycles. The van der Waals surface area contributed by atoms with E-state index in [9.17, 15) is 8.42 Å². The molecule has 3 N–H and O–H groups in total. The summed E-state index contributed by atoms with van der Waals surface area (Å²) in [6.45, 7) is 2.43. The van der Waals surface area contributed by atoms with Crippen LogP contribution in [0.3, 0.4) is 0 Å². The molecule has 1 aliphatic rings. The molecule has 0 fully saturated rings. The van der Waals surface area contributed by atoms with E-state index in [1.807, 2.05) is 6.07 Å². The minimum Gasteiger partial charge on any atom is -0.384 e. The van der Waals surface area contributed by atoms with Crippen molar-refractivity contribution in [2.45, 2.75) is 18.8 Å². The van der Waals surface area contributed by atoms with Crippen molar-refractivity contribution >= 4 is 15.8 Å². The van der Waals surface area contributed by atoms with Gasteiger partial charge in [-0.3, -0.25) is 4.55 Å². The molecule has 2 rings (SSSR count). The van der Waals surface area contributed by atoms with Gasteiger partial charge in [0, 0.05) is 18.2 Å². The first-order chi connectivity index (χ1) is 9.06. The van der Waals surface area contributed by atoms with Gasteiger partial charge in [-0.05, 0) is 37.6 Å². The Labute approximate surface area is 114 Å². The van der Waals surface area contributed by atoms with Crippen LogP contribution in [0.1, 0.15) is 24.3 Å². The van der Waals surface area contributed by atoms with E-state index in [1.165, 1.54) is 11.3 Å². The average Bonchev–Trinajstić information content (AvgIpc) is 2.76. The molecule has 0 spiro atoms. The van der Waals surface area contributed by atoms with Gasteiger partial charge in [0.15, 0.2) is 0 Å². The maximum Gasteiger partial charge on any atom is 0.264 e. The summed E-state index contributed by atoms with van der Waals surface area (Å²) in [5.74, 6) is 0.346. The Bertz CT molecular complexity index is 516. The van der Waals surface area contributed by atoms with Crippen molar-refractivity contribution in [3.63, 3.8) is 0 Å². The predicted molar refractivity (Wildman–Crippen MR) is 76.2 cm³/mol. The fourth-order valence-corrected chi connectivity index (χ4v) is 2.90. The molecular formula is C13H20N2O3S. The van der Waals surface area contributed by atoms with E-state index in [0.29, 0.717) is 18.9 Å². The molecule has 1 aliphatic heterocycles. The number of rotatable bonds is 7. The molecule has 6 heteroatoms. The van der Waals surface area contributed by atoms with Crippen LogP contribution in [0.2, 0.25) is 0 Å². The first-order valence-corrected chi connectivity index (χ1v) is 8.16. The summed E-state index contributed by atoms with van der Waals surface area (Å²) in [4.78, 5) is 0. The smallest absolute Gasteiger partial charge is 0.264 e. The molecular weight excluding hydrogens is 264 g/mol. The Hall–Kier alpha value is -1.11. The summed E-state index contributed by atoms with van der Waals surface area (Å²) in [6.07, 6.45) is 1.47. The topological polar surface area (TPSA) is 78.4 Å². The van der Waals surface area contributed by atoms with E-state index in [2.05, 4.69) is 28.8 Å². The van der Waals surface area contributed by atoms with Gasteiger partial charge in [-0.25, -0.2) is 0 Å². The molecule has 106 valence electrons. The lowest BCUT2D eigenvalue weighted by atomic mass is 9.98. The molecule has 0 radical (unpaired) electrons. The minimum absolute atomic E-state index is 0.173. The minimum atomic E-state index is -3.82. The van der Waals surface area contributed by atoms with Gasteiger partial charge in [-0.2, -0.15) is 8.42 Å². The van der Waals surface area contributed by atoms with Gasteiger partial charge in [-0.1, -0.05) is 18.2 Å². The molecule has 1 heterocycles. The SMILES string of the molecule is O=S(=O)(O)CCCNCCC1CNc2ccccc21. The molecule has 0 saturated heterocycles. The zero-order chi connectivity index (χ0) is 13.7. The van der Waals surface area contributed by atoms with E-state index in [1.54, 1.807) is 0 Å². The second-order valence-electron chi connectivity index (χ2n) is 4.84. The van der Waals surface area contributed by atoms with E-state index in [4.69, 9.17) is 4.55 Å². The van der Waals surface area contributed by atoms with Crippen molar-refractivity contribution in [3.8, 4) is 0 Å². The average molecular weight is 284 g/mol. The van der Waals surface area contributed by atoms with E-state index in [0.717, 1.165) is 19.5 Å². The lowest BCUT2D eigenvalue weighted by molar-refractivity contribution is 0.479. The van der Waals surface area contributed by atoms with Crippen LogP contribution in [0.4, 0.5) is 5.69 Å². The van der Waals surface area contributed by atoms with E-state index < -0.39 is 10.1 Å². The number of fused-ring (bicyclic) bond motifs is 1. The van der Waals surface area contributed by atoms with Crippen LogP contribution in [0.25, 0.3) is 0 Å². The van der Waals surface area contributed by atoms with E-state index in [-0.39, 0.29) is 5.75 Å². The third-order valence-electron chi connectivity index (χ3n) is 3.36. The molecule has 0 aromatic heterocycles. The Balaban J connectivity index is 1.65. The lowest BCUT2D eigenvalue weighted by Gasteiger charge is -2.10. The second kappa shape index (κ2) is 6.36. The molecule has 19 heavy (non-hydrogen) atoms. The number of anilines is 1. The Kier molecular flexibility index (Phi) is 4.79. The van der Waals surface area contributed by atoms with Gasteiger partial charge in [0.25, 0.3) is 10.1 Å². The molecule has 1 unspecified atom stereocenters. The second-order valence-corrected chi connectivity index (χ2v) is 6.42. The zero-order valence-electron chi connectivity index (χ0n) is 10.8. The Morgan fingerprint density at radius 2 is 2.11 bits per heavy atom. The van der Waals surface area contributed by atoms with Crippen LogP contribution in [0, 0.1) is 0 Å². The number of nitrogens with one attached hydrogen (secondary N) is 2. The third-order valence-corrected chi connectivity index (χ3v) is 4.17. The molecule has 5 nitrogen and oxygen atoms in total. The van der Waals surface area contributed by atoms with Gasteiger partial charge >= 0.3 is 0 Å². The maximum atomic E-state index is 10.5. The van der Waals surface area contributed by atoms with Gasteiger partial charge in [0.2, 0.25) is 0 Å². The highest BCUT2D eigenvalue weighted by Crippen LogP contribution is 2.32. The fraction of sp³-hybridized carbons (Fsp3) is 0.538. The van der Waals surface area contributed by atoms with Crippen molar-refractivity contribution < 1.29 is 13.0 Å². The molecule has 0 amide bonds. The predicted octanol–water partition coefficient (Wildman–Crippen LogP) is 1.45. The van der Waals surface area contributed by atoms with Crippen LogP contribution in [-0.4, -0.2) is 38.4 Å². The Morgan fingerprint density at radius 1 is 1.32 bits per heavy atom. The van der Waals surface area contributed by atoms with Crippen molar-refractivity contribution in [3.05, 3.63) is 29.8 Å². The number of benzene rings is 1. The third kappa shape index (κ3) is 4.49. The quantitative estimate of drug-likeness (QED) is 0.522. The highest BCUT2D eigenvalue weighted by molar-refractivity contribution is 7.85. The van der Waals surface area contributed by atoms with Crippen LogP contribution in [0.5, 0.6) is 0 Å². The highest BCUT2D eigenvalue weighted by Gasteiger charge is 2.20. The summed E-state index contributed by atoms with van der Waals surface area (Å²) in [7, 11) is -3.82. The van der Waals surface area contributed by atoms with Crippen molar-refractivity contribution in [2.75, 3.05) is 30.7 Å². The zero-order valence-corrected chi connectivity index (χ0v) is 11.6. The van der Waals surface area contributed by atoms with Gasteiger partial charge < -0.3 is 10.6 Å². The summed E-state index contributed by atoms with van der Waals surface area (Å²) >= 11 is 0. The van der Waals surface area contributed by atoms with Crippen LogP contribution < -0.4 is 10.6 Å². The van der Waals surface area contributed by atoms with Gasteiger partial charge in [-0.15, -0.1) is 0 Å². The van der Waals surface area contributed by atoms with Gasteiger partial charge in [0.05, 0.1) is 5.75 Å². The standard InChI is InChI=1S/C13H20N2O3S/c16-19(17,18)9-3-7-14-8-6-11-10-15-13-5-2-1-4-12(11)13/h1-2,4-5,11,14-15H,3,6-10H2,(H,16,17,18).